The van der Waals surface area contributed by atoms with Gasteiger partial charge in [-0.1, -0.05) is 56.3 Å². The first-order chi connectivity index (χ1) is 10.2. The largest absolute Gasteiger partial charge is 0.374 e. The zero-order valence-corrected chi connectivity index (χ0v) is 13.2. The van der Waals surface area contributed by atoms with Crippen LogP contribution >= 0.6 is 0 Å². The van der Waals surface area contributed by atoms with Crippen molar-refractivity contribution in [2.45, 2.75) is 39.8 Å². The summed E-state index contributed by atoms with van der Waals surface area (Å²) < 4.78 is 17.5. The summed E-state index contributed by atoms with van der Waals surface area (Å²) in [5.74, 6) is 0.819. The lowest BCUT2D eigenvalue weighted by atomic mass is 9.92. The van der Waals surface area contributed by atoms with Crippen LogP contribution in [-0.4, -0.2) is 25.6 Å². The van der Waals surface area contributed by atoms with Crippen molar-refractivity contribution in [1.82, 2.24) is 0 Å². The van der Waals surface area contributed by atoms with Gasteiger partial charge >= 0.3 is 0 Å². The third-order valence-corrected chi connectivity index (χ3v) is 3.67. The van der Waals surface area contributed by atoms with Crippen LogP contribution in [0.2, 0.25) is 0 Å². The minimum absolute atomic E-state index is 0.0275. The second kappa shape index (κ2) is 8.32. The van der Waals surface area contributed by atoms with Gasteiger partial charge in [-0.15, -0.1) is 0 Å². The van der Waals surface area contributed by atoms with E-state index in [-0.39, 0.29) is 12.4 Å². The van der Waals surface area contributed by atoms with Crippen molar-refractivity contribution in [1.29, 1.82) is 0 Å². The predicted octanol–water partition coefficient (Wildman–Crippen LogP) is 3.79. The first-order valence-corrected chi connectivity index (χ1v) is 7.77. The maximum Gasteiger partial charge on any atom is 0.164 e. The molecule has 3 atom stereocenters. The molecule has 2 rings (SSSR count). The van der Waals surface area contributed by atoms with Gasteiger partial charge in [-0.25, -0.2) is 0 Å². The molecule has 1 aromatic carbocycles. The van der Waals surface area contributed by atoms with Crippen molar-refractivity contribution < 1.29 is 14.2 Å². The third kappa shape index (κ3) is 4.95. The lowest BCUT2D eigenvalue weighted by Crippen LogP contribution is -2.38. The summed E-state index contributed by atoms with van der Waals surface area (Å²) in [5.41, 5.74) is 1.18. The van der Waals surface area contributed by atoms with Crippen molar-refractivity contribution >= 4 is 0 Å². The number of benzene rings is 1. The van der Waals surface area contributed by atoms with Crippen LogP contribution in [0.25, 0.3) is 0 Å². The third-order valence-electron chi connectivity index (χ3n) is 3.67. The fourth-order valence-corrected chi connectivity index (χ4v) is 2.46. The van der Waals surface area contributed by atoms with Crippen LogP contribution in [0.1, 0.15) is 26.3 Å². The van der Waals surface area contributed by atoms with Crippen molar-refractivity contribution in [3.63, 3.8) is 0 Å². The molecule has 1 aliphatic heterocycles. The molecule has 0 saturated heterocycles. The number of ether oxygens (including phenoxy) is 3. The molecule has 0 amide bonds. The summed E-state index contributed by atoms with van der Waals surface area (Å²) in [5, 5.41) is 0. The Morgan fingerprint density at radius 2 is 1.90 bits per heavy atom. The van der Waals surface area contributed by atoms with Gasteiger partial charge in [0, 0.05) is 12.5 Å². The Morgan fingerprint density at radius 1 is 1.14 bits per heavy atom. The van der Waals surface area contributed by atoms with E-state index < -0.39 is 0 Å². The lowest BCUT2D eigenvalue weighted by molar-refractivity contribution is -0.200. The quantitative estimate of drug-likeness (QED) is 0.715. The van der Waals surface area contributed by atoms with Crippen LogP contribution in [0.15, 0.2) is 42.5 Å². The number of hydrogen-bond donors (Lipinski definition) is 0. The summed E-state index contributed by atoms with van der Waals surface area (Å²) in [6, 6.07) is 10.2. The smallest absolute Gasteiger partial charge is 0.164 e. The highest BCUT2D eigenvalue weighted by Crippen LogP contribution is 2.26. The predicted molar refractivity (Wildman–Crippen MR) is 83.9 cm³/mol. The van der Waals surface area contributed by atoms with Crippen LogP contribution in [-0.2, 0) is 20.8 Å². The van der Waals surface area contributed by atoms with E-state index in [1.54, 1.807) is 0 Å². The van der Waals surface area contributed by atoms with E-state index in [4.69, 9.17) is 14.2 Å². The SMILES string of the molecule is CCO[C@H]1O[C@H](COCc2ccccc2)C=C[C@H]1C(C)C. The molecule has 0 spiro atoms. The zero-order chi connectivity index (χ0) is 15.1. The minimum Gasteiger partial charge on any atom is -0.374 e. The first-order valence-electron chi connectivity index (χ1n) is 7.77. The van der Waals surface area contributed by atoms with Crippen LogP contribution < -0.4 is 0 Å². The van der Waals surface area contributed by atoms with Crippen LogP contribution in [0, 0.1) is 11.8 Å². The van der Waals surface area contributed by atoms with E-state index in [0.717, 1.165) is 0 Å². The Bertz CT molecular complexity index is 427. The maximum absolute atomic E-state index is 6.00. The van der Waals surface area contributed by atoms with E-state index in [0.29, 0.717) is 31.7 Å². The van der Waals surface area contributed by atoms with Gasteiger partial charge in [0.25, 0.3) is 0 Å². The molecule has 3 heteroatoms. The second-order valence-electron chi connectivity index (χ2n) is 5.71. The molecular weight excluding hydrogens is 264 g/mol. The van der Waals surface area contributed by atoms with Gasteiger partial charge < -0.3 is 14.2 Å². The highest BCUT2D eigenvalue weighted by Gasteiger charge is 2.29. The Kier molecular flexibility index (Phi) is 6.43. The number of rotatable bonds is 7. The normalized spacial score (nSPS) is 25.4. The Labute approximate surface area is 127 Å². The highest BCUT2D eigenvalue weighted by molar-refractivity contribution is 5.13. The molecule has 0 aliphatic carbocycles. The van der Waals surface area contributed by atoms with Crippen molar-refractivity contribution in [3.8, 4) is 0 Å². The Hall–Kier alpha value is -1.16. The minimum atomic E-state index is -0.162. The first kappa shape index (κ1) is 16.2. The van der Waals surface area contributed by atoms with E-state index in [1.807, 2.05) is 25.1 Å². The van der Waals surface area contributed by atoms with E-state index in [9.17, 15) is 0 Å². The molecule has 1 heterocycles. The summed E-state index contributed by atoms with van der Waals surface area (Å²) in [6.45, 7) is 8.22. The molecular formula is C18H26O3. The molecule has 3 nitrogen and oxygen atoms in total. The fraction of sp³-hybridized carbons (Fsp3) is 0.556. The van der Waals surface area contributed by atoms with Gasteiger partial charge in [-0.2, -0.15) is 0 Å². The topological polar surface area (TPSA) is 27.7 Å². The van der Waals surface area contributed by atoms with E-state index >= 15 is 0 Å². The molecule has 0 radical (unpaired) electrons. The van der Waals surface area contributed by atoms with E-state index in [1.165, 1.54) is 5.56 Å². The van der Waals surface area contributed by atoms with Crippen LogP contribution in [0.4, 0.5) is 0 Å². The average Bonchev–Trinajstić information content (AvgIpc) is 2.49. The lowest BCUT2D eigenvalue weighted by Gasteiger charge is -2.34. The van der Waals surface area contributed by atoms with Gasteiger partial charge in [0.2, 0.25) is 0 Å². The molecule has 116 valence electrons. The summed E-state index contributed by atoms with van der Waals surface area (Å²) in [6.07, 6.45) is 4.13. The molecule has 0 unspecified atom stereocenters. The van der Waals surface area contributed by atoms with Crippen molar-refractivity contribution in [2.75, 3.05) is 13.2 Å². The van der Waals surface area contributed by atoms with Gasteiger partial charge in [0.05, 0.1) is 13.2 Å². The van der Waals surface area contributed by atoms with Crippen LogP contribution in [0.3, 0.4) is 0 Å². The summed E-state index contributed by atoms with van der Waals surface area (Å²) in [4.78, 5) is 0. The molecule has 0 bridgehead atoms. The highest BCUT2D eigenvalue weighted by atomic mass is 16.7. The summed E-state index contributed by atoms with van der Waals surface area (Å²) >= 11 is 0. The van der Waals surface area contributed by atoms with Crippen molar-refractivity contribution in [2.24, 2.45) is 11.8 Å². The zero-order valence-electron chi connectivity index (χ0n) is 13.2. The van der Waals surface area contributed by atoms with Gasteiger partial charge in [-0.05, 0) is 18.4 Å². The summed E-state index contributed by atoms with van der Waals surface area (Å²) in [7, 11) is 0. The van der Waals surface area contributed by atoms with Crippen molar-refractivity contribution in [3.05, 3.63) is 48.0 Å². The molecule has 21 heavy (non-hydrogen) atoms. The van der Waals surface area contributed by atoms with Gasteiger partial charge in [0.1, 0.15) is 6.10 Å². The van der Waals surface area contributed by atoms with Gasteiger partial charge in [0.15, 0.2) is 6.29 Å². The second-order valence-corrected chi connectivity index (χ2v) is 5.71. The monoisotopic (exact) mass is 290 g/mol. The van der Waals surface area contributed by atoms with Crippen LogP contribution in [0.5, 0.6) is 0 Å². The fourth-order valence-electron chi connectivity index (χ4n) is 2.46. The standard InChI is InChI=1S/C18H26O3/c1-4-20-18-17(14(2)3)11-10-16(21-18)13-19-12-15-8-6-5-7-9-15/h5-11,14,16-18H,4,12-13H2,1-3H3/t16-,17-,18-/m0/s1. The number of hydrogen-bond acceptors (Lipinski definition) is 3. The average molecular weight is 290 g/mol. The molecule has 0 aromatic heterocycles. The molecule has 0 fully saturated rings. The Balaban J connectivity index is 1.82. The van der Waals surface area contributed by atoms with E-state index in [2.05, 4.69) is 38.1 Å². The Morgan fingerprint density at radius 3 is 2.57 bits per heavy atom. The maximum atomic E-state index is 6.00. The molecule has 0 N–H and O–H groups in total. The van der Waals surface area contributed by atoms with Gasteiger partial charge in [-0.3, -0.25) is 0 Å². The molecule has 1 aromatic rings. The molecule has 1 aliphatic rings. The molecule has 0 saturated carbocycles.